The van der Waals surface area contributed by atoms with Gasteiger partial charge in [0, 0.05) is 11.4 Å². The summed E-state index contributed by atoms with van der Waals surface area (Å²) in [4.78, 5) is 23.6. The number of hydrogen-bond acceptors (Lipinski definition) is 7. The fraction of sp³-hybridized carbons (Fsp3) is 0.304. The zero-order valence-corrected chi connectivity index (χ0v) is 17.6. The molecule has 0 unspecified atom stereocenters. The fourth-order valence-corrected chi connectivity index (χ4v) is 3.86. The molecule has 1 fully saturated rings. The van der Waals surface area contributed by atoms with E-state index in [1.165, 1.54) is 0 Å². The van der Waals surface area contributed by atoms with Crippen molar-refractivity contribution in [3.05, 3.63) is 60.0 Å². The van der Waals surface area contributed by atoms with Crippen molar-refractivity contribution in [3.63, 3.8) is 0 Å². The van der Waals surface area contributed by atoms with Gasteiger partial charge in [0.15, 0.2) is 0 Å². The van der Waals surface area contributed by atoms with Crippen molar-refractivity contribution in [2.45, 2.75) is 31.6 Å². The average Bonchev–Trinajstić information content (AvgIpc) is 3.29. The van der Waals surface area contributed by atoms with Gasteiger partial charge in [-0.25, -0.2) is 0 Å². The molecule has 32 heavy (non-hydrogen) atoms. The molecule has 0 bridgehead atoms. The summed E-state index contributed by atoms with van der Waals surface area (Å²) in [6.45, 7) is 0. The minimum absolute atomic E-state index is 0.104. The van der Waals surface area contributed by atoms with Crippen molar-refractivity contribution in [2.24, 2.45) is 5.92 Å². The Morgan fingerprint density at radius 2 is 1.62 bits per heavy atom. The minimum Gasteiger partial charge on any atom is -0.497 e. The highest BCUT2D eigenvalue weighted by Gasteiger charge is 2.26. The quantitative estimate of drug-likeness (QED) is 0.496. The number of benzene rings is 2. The monoisotopic (exact) mass is 436 g/mol. The number of aromatic nitrogens is 2. The van der Waals surface area contributed by atoms with Gasteiger partial charge in [-0.2, -0.15) is 0 Å². The number of nitrogens with zero attached hydrogens (tertiary/aromatic N) is 2. The molecule has 3 aromatic rings. The van der Waals surface area contributed by atoms with Crippen LogP contribution in [-0.4, -0.2) is 34.3 Å². The fourth-order valence-electron chi connectivity index (χ4n) is 3.86. The largest absolute Gasteiger partial charge is 0.497 e. The molecule has 9 heteroatoms. The van der Waals surface area contributed by atoms with Gasteiger partial charge < -0.3 is 24.9 Å². The molecule has 9 nitrogen and oxygen atoms in total. The molecule has 1 aliphatic rings. The highest BCUT2D eigenvalue weighted by atomic mass is 16.5. The Labute approximate surface area is 184 Å². The standard InChI is InChI=1S/C23H24N4O5/c1-31-19-12-10-18(11-13-19)25-23-27-26-21(32-23)20(28)24-17-8-6-15(7-9-17)14-2-4-16(5-3-14)22(29)30/h6-14,16H,2-5H2,1H3,(H,24,28)(H,25,27)(H,29,30). The minimum atomic E-state index is -0.704. The Hall–Kier alpha value is -3.88. The van der Waals surface area contributed by atoms with Gasteiger partial charge in [-0.3, -0.25) is 9.59 Å². The van der Waals surface area contributed by atoms with E-state index >= 15 is 0 Å². The van der Waals surface area contributed by atoms with Crippen LogP contribution in [0.15, 0.2) is 52.9 Å². The van der Waals surface area contributed by atoms with E-state index in [4.69, 9.17) is 14.3 Å². The van der Waals surface area contributed by atoms with Gasteiger partial charge in [0.25, 0.3) is 0 Å². The number of hydrogen-bond donors (Lipinski definition) is 3. The van der Waals surface area contributed by atoms with Crippen LogP contribution in [-0.2, 0) is 4.79 Å². The first-order chi connectivity index (χ1) is 15.5. The molecular formula is C23H24N4O5. The van der Waals surface area contributed by atoms with Crippen LogP contribution in [0.3, 0.4) is 0 Å². The number of carboxylic acid groups (broad SMARTS) is 1. The lowest BCUT2D eigenvalue weighted by molar-refractivity contribution is -0.142. The molecule has 4 rings (SSSR count). The third kappa shape index (κ3) is 5.05. The number of nitrogens with one attached hydrogen (secondary N) is 2. The lowest BCUT2D eigenvalue weighted by Gasteiger charge is -2.26. The number of amides is 1. The lowest BCUT2D eigenvalue weighted by atomic mass is 9.79. The SMILES string of the molecule is COc1ccc(Nc2nnc(C(=O)Nc3ccc(C4CCC(C(=O)O)CC4)cc3)o2)cc1. The first-order valence-corrected chi connectivity index (χ1v) is 10.4. The topological polar surface area (TPSA) is 127 Å². The van der Waals surface area contributed by atoms with Crippen LogP contribution in [0.4, 0.5) is 17.4 Å². The van der Waals surface area contributed by atoms with Crippen LogP contribution in [0, 0.1) is 5.92 Å². The molecular weight excluding hydrogens is 412 g/mol. The molecule has 0 spiro atoms. The van der Waals surface area contributed by atoms with E-state index in [0.29, 0.717) is 24.4 Å². The second-order valence-corrected chi connectivity index (χ2v) is 7.73. The van der Waals surface area contributed by atoms with Crippen LogP contribution in [0.1, 0.15) is 47.8 Å². The molecule has 1 heterocycles. The molecule has 2 aromatic carbocycles. The Balaban J connectivity index is 1.32. The van der Waals surface area contributed by atoms with Crippen LogP contribution >= 0.6 is 0 Å². The van der Waals surface area contributed by atoms with E-state index in [1.54, 1.807) is 31.4 Å². The second kappa shape index (κ2) is 9.51. The molecule has 0 aliphatic heterocycles. The van der Waals surface area contributed by atoms with Gasteiger partial charge >= 0.3 is 23.8 Å². The Morgan fingerprint density at radius 3 is 2.25 bits per heavy atom. The maximum absolute atomic E-state index is 12.4. The molecule has 0 radical (unpaired) electrons. The summed E-state index contributed by atoms with van der Waals surface area (Å²) in [7, 11) is 1.59. The Kier molecular flexibility index (Phi) is 6.34. The number of carbonyl (C=O) groups is 2. The van der Waals surface area contributed by atoms with E-state index in [2.05, 4.69) is 20.8 Å². The second-order valence-electron chi connectivity index (χ2n) is 7.73. The molecule has 1 saturated carbocycles. The van der Waals surface area contributed by atoms with Crippen LogP contribution in [0.25, 0.3) is 0 Å². The van der Waals surface area contributed by atoms with E-state index in [-0.39, 0.29) is 17.8 Å². The molecule has 166 valence electrons. The van der Waals surface area contributed by atoms with Gasteiger partial charge in [-0.05, 0) is 73.6 Å². The van der Waals surface area contributed by atoms with Gasteiger partial charge in [0.1, 0.15) is 5.75 Å². The third-order valence-corrected chi connectivity index (χ3v) is 5.68. The Morgan fingerprint density at radius 1 is 0.969 bits per heavy atom. The molecule has 0 saturated heterocycles. The number of ether oxygens (including phenoxy) is 1. The van der Waals surface area contributed by atoms with Crippen LogP contribution in [0.2, 0.25) is 0 Å². The third-order valence-electron chi connectivity index (χ3n) is 5.68. The van der Waals surface area contributed by atoms with Crippen molar-refractivity contribution in [3.8, 4) is 5.75 Å². The summed E-state index contributed by atoms with van der Waals surface area (Å²) in [5.41, 5.74) is 2.48. The molecule has 1 aliphatic carbocycles. The first kappa shape index (κ1) is 21.4. The first-order valence-electron chi connectivity index (χ1n) is 10.4. The number of carbonyl (C=O) groups excluding carboxylic acids is 1. The van der Waals surface area contributed by atoms with Gasteiger partial charge in [0.05, 0.1) is 13.0 Å². The summed E-state index contributed by atoms with van der Waals surface area (Å²) >= 11 is 0. The van der Waals surface area contributed by atoms with Crippen molar-refractivity contribution in [1.82, 2.24) is 10.2 Å². The number of anilines is 3. The van der Waals surface area contributed by atoms with Crippen LogP contribution in [0.5, 0.6) is 5.75 Å². The van der Waals surface area contributed by atoms with Gasteiger partial charge in [-0.1, -0.05) is 17.2 Å². The zero-order chi connectivity index (χ0) is 22.5. The summed E-state index contributed by atoms with van der Waals surface area (Å²) in [5, 5.41) is 22.5. The van der Waals surface area contributed by atoms with E-state index < -0.39 is 11.9 Å². The predicted molar refractivity (Wildman–Crippen MR) is 117 cm³/mol. The summed E-state index contributed by atoms with van der Waals surface area (Å²) in [6, 6.07) is 14.8. The highest BCUT2D eigenvalue weighted by molar-refractivity contribution is 6.00. The molecule has 0 atom stereocenters. The maximum Gasteiger partial charge on any atom is 0.320 e. The van der Waals surface area contributed by atoms with Crippen molar-refractivity contribution >= 4 is 29.3 Å². The van der Waals surface area contributed by atoms with Crippen molar-refractivity contribution < 1.29 is 23.8 Å². The number of aliphatic carboxylic acids is 1. The van der Waals surface area contributed by atoms with Crippen molar-refractivity contribution in [2.75, 3.05) is 17.7 Å². The number of methoxy groups -OCH3 is 1. The van der Waals surface area contributed by atoms with E-state index in [0.717, 1.165) is 29.8 Å². The smallest absolute Gasteiger partial charge is 0.320 e. The summed E-state index contributed by atoms with van der Waals surface area (Å²) in [5.74, 6) is -0.529. The zero-order valence-electron chi connectivity index (χ0n) is 17.6. The summed E-state index contributed by atoms with van der Waals surface area (Å²) < 4.78 is 10.5. The van der Waals surface area contributed by atoms with E-state index in [9.17, 15) is 9.59 Å². The van der Waals surface area contributed by atoms with Gasteiger partial charge in [0.2, 0.25) is 0 Å². The lowest BCUT2D eigenvalue weighted by Crippen LogP contribution is -2.20. The van der Waals surface area contributed by atoms with Crippen molar-refractivity contribution in [1.29, 1.82) is 0 Å². The van der Waals surface area contributed by atoms with Gasteiger partial charge in [-0.15, -0.1) is 5.10 Å². The average molecular weight is 436 g/mol. The molecule has 3 N–H and O–H groups in total. The number of carboxylic acids is 1. The molecule has 1 amide bonds. The number of rotatable bonds is 7. The Bertz CT molecular complexity index is 1070. The normalized spacial score (nSPS) is 18.0. The van der Waals surface area contributed by atoms with E-state index in [1.807, 2.05) is 24.3 Å². The predicted octanol–water partition coefficient (Wildman–Crippen LogP) is 4.43. The van der Waals surface area contributed by atoms with Crippen LogP contribution < -0.4 is 15.4 Å². The highest BCUT2D eigenvalue weighted by Crippen LogP contribution is 2.36. The maximum atomic E-state index is 12.4. The molecule has 1 aromatic heterocycles. The summed E-state index contributed by atoms with van der Waals surface area (Å²) in [6.07, 6.45) is 3.11.